The van der Waals surface area contributed by atoms with Gasteiger partial charge in [-0.2, -0.15) is 0 Å². The lowest BCUT2D eigenvalue weighted by molar-refractivity contribution is 0.618. The molecule has 0 aliphatic rings. The Kier molecular flexibility index (Phi) is 4.69. The maximum Gasteiger partial charge on any atom is 0.123 e. The Bertz CT molecular complexity index is 617. The first-order chi connectivity index (χ1) is 9.43. The second-order valence-electron chi connectivity index (χ2n) is 4.85. The summed E-state index contributed by atoms with van der Waals surface area (Å²) in [5, 5.41) is 4.30. The molecule has 0 spiro atoms. The Hall–Kier alpha value is -1.09. The summed E-state index contributed by atoms with van der Waals surface area (Å²) >= 11 is 12.0. The maximum absolute atomic E-state index is 13.4. The van der Waals surface area contributed by atoms with E-state index in [0.717, 1.165) is 22.3 Å². The first-order valence-electron chi connectivity index (χ1n) is 6.33. The molecule has 0 saturated heterocycles. The van der Waals surface area contributed by atoms with Crippen molar-refractivity contribution in [3.8, 4) is 0 Å². The molecule has 0 heterocycles. The highest BCUT2D eigenvalue weighted by Gasteiger charge is 2.18. The van der Waals surface area contributed by atoms with Crippen LogP contribution in [-0.4, -0.2) is 7.05 Å². The van der Waals surface area contributed by atoms with Crippen molar-refractivity contribution in [2.75, 3.05) is 7.05 Å². The summed E-state index contributed by atoms with van der Waals surface area (Å²) in [5.41, 5.74) is 3.88. The van der Waals surface area contributed by atoms with Crippen LogP contribution < -0.4 is 5.32 Å². The molecule has 1 unspecified atom stereocenters. The van der Waals surface area contributed by atoms with E-state index in [-0.39, 0.29) is 11.9 Å². The first kappa shape index (κ1) is 15.3. The molecule has 0 aliphatic carbocycles. The van der Waals surface area contributed by atoms with Crippen molar-refractivity contribution in [2.45, 2.75) is 19.9 Å². The van der Waals surface area contributed by atoms with Gasteiger partial charge >= 0.3 is 0 Å². The third-order valence-corrected chi connectivity index (χ3v) is 4.15. The minimum Gasteiger partial charge on any atom is -0.309 e. The molecule has 2 rings (SSSR count). The summed E-state index contributed by atoms with van der Waals surface area (Å²) in [6.45, 7) is 3.82. The fourth-order valence-corrected chi connectivity index (χ4v) is 2.85. The summed E-state index contributed by atoms with van der Waals surface area (Å²) in [7, 11) is 1.87. The van der Waals surface area contributed by atoms with Gasteiger partial charge in [0.1, 0.15) is 5.82 Å². The molecule has 0 aliphatic heterocycles. The number of aryl methyl sites for hydroxylation is 2. The summed E-state index contributed by atoms with van der Waals surface area (Å²) in [4.78, 5) is 0. The Morgan fingerprint density at radius 1 is 1.00 bits per heavy atom. The van der Waals surface area contributed by atoms with Gasteiger partial charge in [0.05, 0.1) is 16.1 Å². The van der Waals surface area contributed by atoms with Crippen molar-refractivity contribution in [2.24, 2.45) is 0 Å². The zero-order valence-electron chi connectivity index (χ0n) is 11.6. The minimum atomic E-state index is -0.215. The first-order valence-corrected chi connectivity index (χ1v) is 7.08. The molecule has 2 aromatic rings. The van der Waals surface area contributed by atoms with Gasteiger partial charge < -0.3 is 5.32 Å². The lowest BCUT2D eigenvalue weighted by Crippen LogP contribution is -2.20. The molecule has 1 atom stereocenters. The van der Waals surface area contributed by atoms with E-state index in [1.807, 2.05) is 33.0 Å². The van der Waals surface area contributed by atoms with Crippen molar-refractivity contribution >= 4 is 23.2 Å². The fraction of sp³-hybridized carbons (Fsp3) is 0.250. The van der Waals surface area contributed by atoms with E-state index in [1.54, 1.807) is 18.2 Å². The highest BCUT2D eigenvalue weighted by atomic mass is 35.5. The van der Waals surface area contributed by atoms with Crippen molar-refractivity contribution in [1.82, 2.24) is 5.32 Å². The van der Waals surface area contributed by atoms with Gasteiger partial charge in [-0.1, -0.05) is 29.3 Å². The molecule has 0 aromatic heterocycles. The van der Waals surface area contributed by atoms with Gasteiger partial charge in [-0.3, -0.25) is 0 Å². The van der Waals surface area contributed by atoms with Crippen molar-refractivity contribution < 1.29 is 4.39 Å². The Labute approximate surface area is 128 Å². The van der Waals surface area contributed by atoms with E-state index >= 15 is 0 Å². The van der Waals surface area contributed by atoms with Gasteiger partial charge in [0.25, 0.3) is 0 Å². The Morgan fingerprint density at radius 2 is 1.60 bits per heavy atom. The van der Waals surface area contributed by atoms with Gasteiger partial charge in [-0.25, -0.2) is 4.39 Å². The van der Waals surface area contributed by atoms with Crippen molar-refractivity contribution in [3.63, 3.8) is 0 Å². The highest BCUT2D eigenvalue weighted by molar-refractivity contribution is 6.42. The summed E-state index contributed by atoms with van der Waals surface area (Å²) in [5.74, 6) is -0.215. The molecule has 1 N–H and O–H groups in total. The summed E-state index contributed by atoms with van der Waals surface area (Å²) in [6, 6.07) is 8.59. The van der Waals surface area contributed by atoms with Crippen molar-refractivity contribution in [3.05, 3.63) is 68.4 Å². The second-order valence-corrected chi connectivity index (χ2v) is 5.66. The predicted molar refractivity (Wildman–Crippen MR) is 83.2 cm³/mol. The third-order valence-electron chi connectivity index (χ3n) is 3.41. The molecular formula is C16H16Cl2FN. The Morgan fingerprint density at radius 3 is 2.10 bits per heavy atom. The standard InChI is InChI=1S/C16H16Cl2FN/c1-9-6-12(19)7-10(2)15(9)16(20-3)11-4-5-13(17)14(18)8-11/h4-8,16,20H,1-3H3. The quantitative estimate of drug-likeness (QED) is 0.835. The third kappa shape index (κ3) is 2.98. The largest absolute Gasteiger partial charge is 0.309 e. The molecular weight excluding hydrogens is 296 g/mol. The number of hydrogen-bond acceptors (Lipinski definition) is 1. The topological polar surface area (TPSA) is 12.0 Å². The molecule has 20 heavy (non-hydrogen) atoms. The molecule has 4 heteroatoms. The van der Waals surface area contributed by atoms with Crippen LogP contribution in [0, 0.1) is 19.7 Å². The number of nitrogens with one attached hydrogen (secondary N) is 1. The summed E-state index contributed by atoms with van der Waals surface area (Å²) < 4.78 is 13.4. The lowest BCUT2D eigenvalue weighted by Gasteiger charge is -2.22. The number of halogens is 3. The minimum absolute atomic E-state index is 0.0506. The molecule has 0 radical (unpaired) electrons. The smallest absolute Gasteiger partial charge is 0.123 e. The van der Waals surface area contributed by atoms with Gasteiger partial charge in [0.2, 0.25) is 0 Å². The van der Waals surface area contributed by atoms with Crippen LogP contribution in [0.5, 0.6) is 0 Å². The van der Waals surface area contributed by atoms with Crippen LogP contribution in [-0.2, 0) is 0 Å². The number of rotatable bonds is 3. The average molecular weight is 312 g/mol. The predicted octanol–water partition coefficient (Wildman–Crippen LogP) is 5.06. The molecule has 0 fully saturated rings. The molecule has 2 aromatic carbocycles. The molecule has 0 saturated carbocycles. The maximum atomic E-state index is 13.4. The molecule has 106 valence electrons. The fourth-order valence-electron chi connectivity index (χ4n) is 2.55. The van der Waals surface area contributed by atoms with Gasteiger partial charge in [0.15, 0.2) is 0 Å². The van der Waals surface area contributed by atoms with Crippen molar-refractivity contribution in [1.29, 1.82) is 0 Å². The molecule has 0 amide bonds. The normalized spacial score (nSPS) is 12.5. The van der Waals surface area contributed by atoms with E-state index in [9.17, 15) is 4.39 Å². The van der Waals surface area contributed by atoms with Crippen LogP contribution in [0.3, 0.4) is 0 Å². The number of benzene rings is 2. The second kappa shape index (κ2) is 6.13. The van der Waals surface area contributed by atoms with Crippen LogP contribution in [0.4, 0.5) is 4.39 Å². The van der Waals surface area contributed by atoms with Crippen LogP contribution in [0.1, 0.15) is 28.3 Å². The monoisotopic (exact) mass is 311 g/mol. The summed E-state index contributed by atoms with van der Waals surface area (Å²) in [6.07, 6.45) is 0. The van der Waals surface area contributed by atoms with E-state index < -0.39 is 0 Å². The zero-order valence-corrected chi connectivity index (χ0v) is 13.1. The van der Waals surface area contributed by atoms with E-state index in [0.29, 0.717) is 10.0 Å². The molecule has 1 nitrogen and oxygen atoms in total. The van der Waals surface area contributed by atoms with E-state index in [2.05, 4.69) is 5.32 Å². The van der Waals surface area contributed by atoms with Crippen LogP contribution in [0.25, 0.3) is 0 Å². The van der Waals surface area contributed by atoms with E-state index in [4.69, 9.17) is 23.2 Å². The molecule has 0 bridgehead atoms. The van der Waals surface area contributed by atoms with Crippen LogP contribution in [0.15, 0.2) is 30.3 Å². The van der Waals surface area contributed by atoms with Crippen LogP contribution in [0.2, 0.25) is 10.0 Å². The van der Waals surface area contributed by atoms with Crippen LogP contribution >= 0.6 is 23.2 Å². The van der Waals surface area contributed by atoms with Gasteiger partial charge in [-0.05, 0) is 67.4 Å². The highest BCUT2D eigenvalue weighted by Crippen LogP contribution is 2.32. The van der Waals surface area contributed by atoms with Gasteiger partial charge in [0, 0.05) is 0 Å². The lowest BCUT2D eigenvalue weighted by atomic mass is 9.91. The van der Waals surface area contributed by atoms with E-state index in [1.165, 1.54) is 0 Å². The number of hydrogen-bond donors (Lipinski definition) is 1. The SMILES string of the molecule is CNC(c1ccc(Cl)c(Cl)c1)c1c(C)cc(F)cc1C. The van der Waals surface area contributed by atoms with Gasteiger partial charge in [-0.15, -0.1) is 0 Å². The Balaban J connectivity index is 2.55. The zero-order chi connectivity index (χ0) is 14.9. The average Bonchev–Trinajstić information content (AvgIpc) is 2.37.